The van der Waals surface area contributed by atoms with Crippen molar-refractivity contribution >= 4 is 10.8 Å². The van der Waals surface area contributed by atoms with E-state index in [0.717, 1.165) is 17.7 Å². The summed E-state index contributed by atoms with van der Waals surface area (Å²) in [5.41, 5.74) is -1.84. The Labute approximate surface area is 109 Å². The van der Waals surface area contributed by atoms with Crippen molar-refractivity contribution in [2.24, 2.45) is 5.41 Å². The summed E-state index contributed by atoms with van der Waals surface area (Å²) in [6, 6.07) is 14.0. The summed E-state index contributed by atoms with van der Waals surface area (Å²) in [5.74, 6) is 0. The second-order valence-electron chi connectivity index (χ2n) is 4.80. The van der Waals surface area contributed by atoms with Crippen molar-refractivity contribution < 1.29 is 13.2 Å². The lowest BCUT2D eigenvalue weighted by Gasteiger charge is -2.24. The number of benzene rings is 2. The van der Waals surface area contributed by atoms with Gasteiger partial charge in [-0.05, 0) is 29.7 Å². The molecule has 98 valence electrons. The quantitative estimate of drug-likeness (QED) is 0.784. The first-order chi connectivity index (χ1) is 8.86. The Morgan fingerprint density at radius 3 is 2.26 bits per heavy atom. The van der Waals surface area contributed by atoms with Gasteiger partial charge in [-0.1, -0.05) is 42.5 Å². The summed E-state index contributed by atoms with van der Waals surface area (Å²) in [7, 11) is 0. The molecule has 0 spiro atoms. The SMILES string of the molecule is CC(C#N)(Cc1ccc2ccccc2c1)C(F)(F)F. The summed E-state index contributed by atoms with van der Waals surface area (Å²) < 4.78 is 38.6. The van der Waals surface area contributed by atoms with Crippen LogP contribution in [0.15, 0.2) is 42.5 Å². The van der Waals surface area contributed by atoms with Gasteiger partial charge < -0.3 is 0 Å². The minimum atomic E-state index is -4.53. The summed E-state index contributed by atoms with van der Waals surface area (Å²) in [6.07, 6.45) is -4.87. The normalized spacial score (nSPS) is 14.9. The molecule has 0 N–H and O–H groups in total. The van der Waals surface area contributed by atoms with Crippen LogP contribution in [0.3, 0.4) is 0 Å². The number of fused-ring (bicyclic) bond motifs is 1. The molecule has 0 saturated carbocycles. The lowest BCUT2D eigenvalue weighted by Crippen LogP contribution is -2.35. The van der Waals surface area contributed by atoms with E-state index in [-0.39, 0.29) is 6.42 Å². The number of halogens is 3. The van der Waals surface area contributed by atoms with E-state index in [4.69, 9.17) is 5.26 Å². The predicted molar refractivity (Wildman–Crippen MR) is 67.4 cm³/mol. The highest BCUT2D eigenvalue weighted by atomic mass is 19.4. The molecule has 0 amide bonds. The number of nitriles is 1. The molecular weight excluding hydrogens is 251 g/mol. The van der Waals surface area contributed by atoms with E-state index < -0.39 is 11.6 Å². The molecule has 0 saturated heterocycles. The van der Waals surface area contributed by atoms with E-state index in [9.17, 15) is 13.2 Å². The van der Waals surface area contributed by atoms with E-state index in [2.05, 4.69) is 0 Å². The zero-order valence-electron chi connectivity index (χ0n) is 10.3. The Balaban J connectivity index is 2.38. The molecule has 2 aromatic rings. The molecular formula is C15H12F3N. The van der Waals surface area contributed by atoms with E-state index >= 15 is 0 Å². The minimum absolute atomic E-state index is 0.335. The van der Waals surface area contributed by atoms with Crippen molar-refractivity contribution in [3.05, 3.63) is 48.0 Å². The fourth-order valence-electron chi connectivity index (χ4n) is 1.96. The van der Waals surface area contributed by atoms with Crippen LogP contribution in [0.2, 0.25) is 0 Å². The fourth-order valence-corrected chi connectivity index (χ4v) is 1.96. The maximum Gasteiger partial charge on any atom is 0.407 e. The molecule has 0 aliphatic heterocycles. The maximum atomic E-state index is 12.9. The van der Waals surface area contributed by atoms with Crippen LogP contribution in [0.25, 0.3) is 10.8 Å². The van der Waals surface area contributed by atoms with Crippen molar-refractivity contribution in [3.8, 4) is 6.07 Å². The van der Waals surface area contributed by atoms with Gasteiger partial charge in [0.25, 0.3) is 0 Å². The highest BCUT2D eigenvalue weighted by Gasteiger charge is 2.51. The average molecular weight is 263 g/mol. The minimum Gasteiger partial charge on any atom is -0.197 e. The molecule has 4 heteroatoms. The van der Waals surface area contributed by atoms with Crippen LogP contribution in [0.4, 0.5) is 13.2 Å². The molecule has 0 heterocycles. The zero-order chi connectivity index (χ0) is 14.1. The monoisotopic (exact) mass is 263 g/mol. The Morgan fingerprint density at radius 1 is 1.05 bits per heavy atom. The Morgan fingerprint density at radius 2 is 1.68 bits per heavy atom. The molecule has 0 bridgehead atoms. The van der Waals surface area contributed by atoms with Gasteiger partial charge in [-0.3, -0.25) is 0 Å². The third-order valence-corrected chi connectivity index (χ3v) is 3.24. The first-order valence-corrected chi connectivity index (χ1v) is 5.81. The number of hydrogen-bond donors (Lipinski definition) is 0. The van der Waals surface area contributed by atoms with Crippen molar-refractivity contribution in [2.45, 2.75) is 19.5 Å². The summed E-state index contributed by atoms with van der Waals surface area (Å²) in [4.78, 5) is 0. The van der Waals surface area contributed by atoms with Gasteiger partial charge in [0.15, 0.2) is 5.41 Å². The van der Waals surface area contributed by atoms with Crippen molar-refractivity contribution in [2.75, 3.05) is 0 Å². The van der Waals surface area contributed by atoms with Gasteiger partial charge in [0.2, 0.25) is 0 Å². The standard InChI is InChI=1S/C15H12F3N/c1-14(10-19,15(16,17)18)9-11-6-7-12-4-2-3-5-13(12)8-11/h2-8H,9H2,1H3. The zero-order valence-corrected chi connectivity index (χ0v) is 10.3. The van der Waals surface area contributed by atoms with Gasteiger partial charge in [0, 0.05) is 0 Å². The average Bonchev–Trinajstić information content (AvgIpc) is 2.37. The van der Waals surface area contributed by atoms with Crippen molar-refractivity contribution in [1.82, 2.24) is 0 Å². The largest absolute Gasteiger partial charge is 0.407 e. The lowest BCUT2D eigenvalue weighted by atomic mass is 9.84. The van der Waals surface area contributed by atoms with Crippen LogP contribution in [0.1, 0.15) is 12.5 Å². The Bertz CT molecular complexity index is 640. The van der Waals surface area contributed by atoms with E-state index in [1.807, 2.05) is 24.3 Å². The predicted octanol–water partition coefficient (Wildman–Crippen LogP) is 4.47. The highest BCUT2D eigenvalue weighted by Crippen LogP contribution is 2.40. The number of hydrogen-bond acceptors (Lipinski definition) is 1. The van der Waals surface area contributed by atoms with Crippen LogP contribution in [0, 0.1) is 16.7 Å². The maximum absolute atomic E-state index is 12.9. The van der Waals surface area contributed by atoms with Gasteiger partial charge in [-0.2, -0.15) is 18.4 Å². The molecule has 1 atom stereocenters. The molecule has 0 aliphatic carbocycles. The van der Waals surface area contributed by atoms with Gasteiger partial charge in [-0.25, -0.2) is 0 Å². The Hall–Kier alpha value is -2.02. The van der Waals surface area contributed by atoms with Gasteiger partial charge in [-0.15, -0.1) is 0 Å². The van der Waals surface area contributed by atoms with Crippen molar-refractivity contribution in [1.29, 1.82) is 5.26 Å². The lowest BCUT2D eigenvalue weighted by molar-refractivity contribution is -0.196. The molecule has 0 radical (unpaired) electrons. The second kappa shape index (κ2) is 4.58. The second-order valence-corrected chi connectivity index (χ2v) is 4.80. The van der Waals surface area contributed by atoms with Gasteiger partial charge in [0.05, 0.1) is 6.07 Å². The first kappa shape index (κ1) is 13.4. The van der Waals surface area contributed by atoms with Crippen LogP contribution < -0.4 is 0 Å². The molecule has 0 aromatic heterocycles. The molecule has 0 aliphatic rings. The van der Waals surface area contributed by atoms with Crippen LogP contribution in [0.5, 0.6) is 0 Å². The number of nitrogens with zero attached hydrogens (tertiary/aromatic N) is 1. The van der Waals surface area contributed by atoms with E-state index in [1.165, 1.54) is 6.07 Å². The van der Waals surface area contributed by atoms with Crippen LogP contribution >= 0.6 is 0 Å². The van der Waals surface area contributed by atoms with E-state index in [0.29, 0.717) is 5.56 Å². The topological polar surface area (TPSA) is 23.8 Å². The molecule has 19 heavy (non-hydrogen) atoms. The summed E-state index contributed by atoms with van der Waals surface area (Å²) >= 11 is 0. The molecule has 1 nitrogen and oxygen atoms in total. The fraction of sp³-hybridized carbons (Fsp3) is 0.267. The van der Waals surface area contributed by atoms with Crippen LogP contribution in [-0.2, 0) is 6.42 Å². The molecule has 2 rings (SSSR count). The van der Waals surface area contributed by atoms with Crippen molar-refractivity contribution in [3.63, 3.8) is 0 Å². The first-order valence-electron chi connectivity index (χ1n) is 5.81. The highest BCUT2D eigenvalue weighted by molar-refractivity contribution is 5.83. The molecule has 0 fully saturated rings. The van der Waals surface area contributed by atoms with E-state index in [1.54, 1.807) is 18.2 Å². The number of alkyl halides is 3. The number of rotatable bonds is 2. The van der Waals surface area contributed by atoms with Gasteiger partial charge in [0.1, 0.15) is 0 Å². The Kier molecular flexibility index (Phi) is 3.23. The molecule has 1 unspecified atom stereocenters. The summed E-state index contributed by atoms with van der Waals surface area (Å²) in [6.45, 7) is 0.933. The smallest absolute Gasteiger partial charge is 0.197 e. The van der Waals surface area contributed by atoms with Gasteiger partial charge >= 0.3 is 6.18 Å². The third-order valence-electron chi connectivity index (χ3n) is 3.24. The third kappa shape index (κ3) is 2.55. The summed E-state index contributed by atoms with van der Waals surface area (Å²) in [5, 5.41) is 10.7. The molecule has 2 aromatic carbocycles. The van der Waals surface area contributed by atoms with Crippen LogP contribution in [-0.4, -0.2) is 6.18 Å².